The maximum Gasteiger partial charge on any atom is 0.0478 e. The largest absolute Gasteiger partial charge is 0.384 e. The summed E-state index contributed by atoms with van der Waals surface area (Å²) in [6, 6.07) is 8.40. The highest BCUT2D eigenvalue weighted by Crippen LogP contribution is 2.25. The van der Waals surface area contributed by atoms with E-state index in [-0.39, 0.29) is 0 Å². The Morgan fingerprint density at radius 1 is 1.31 bits per heavy atom. The van der Waals surface area contributed by atoms with E-state index in [9.17, 15) is 0 Å². The van der Waals surface area contributed by atoms with Crippen LogP contribution in [0.15, 0.2) is 29.2 Å². The highest BCUT2D eigenvalue weighted by molar-refractivity contribution is 7.98. The first-order valence-electron chi connectivity index (χ1n) is 5.76. The van der Waals surface area contributed by atoms with Gasteiger partial charge in [-0.25, -0.2) is 0 Å². The second kappa shape index (κ2) is 6.81. The Labute approximate surface area is 103 Å². The monoisotopic (exact) mass is 238 g/mol. The molecule has 1 unspecified atom stereocenters. The molecule has 1 aromatic carbocycles. The second-order valence-corrected chi connectivity index (χ2v) is 5.17. The summed E-state index contributed by atoms with van der Waals surface area (Å²) in [4.78, 5) is 1.29. The van der Waals surface area contributed by atoms with Gasteiger partial charge in [-0.15, -0.1) is 11.8 Å². The molecule has 0 radical (unpaired) electrons. The molecule has 0 amide bonds. The summed E-state index contributed by atoms with van der Waals surface area (Å²) in [5.41, 5.74) is 6.98. The third-order valence-electron chi connectivity index (χ3n) is 2.91. The van der Waals surface area contributed by atoms with Crippen molar-refractivity contribution >= 4 is 17.4 Å². The third kappa shape index (κ3) is 3.72. The van der Waals surface area contributed by atoms with Gasteiger partial charge in [0.15, 0.2) is 0 Å². The molecule has 2 nitrogen and oxygen atoms in total. The van der Waals surface area contributed by atoms with Crippen LogP contribution < -0.4 is 11.1 Å². The number of para-hydroxylation sites is 1. The molecule has 1 aromatic rings. The summed E-state index contributed by atoms with van der Waals surface area (Å²) in [7, 11) is 0. The van der Waals surface area contributed by atoms with Gasteiger partial charge < -0.3 is 11.1 Å². The van der Waals surface area contributed by atoms with Crippen LogP contribution >= 0.6 is 11.8 Å². The second-order valence-electron chi connectivity index (χ2n) is 4.32. The molecule has 1 rings (SSSR count). The molecule has 1 atom stereocenters. The van der Waals surface area contributed by atoms with E-state index >= 15 is 0 Å². The summed E-state index contributed by atoms with van der Waals surface area (Å²) < 4.78 is 0. The molecule has 0 aliphatic carbocycles. The smallest absolute Gasteiger partial charge is 0.0478 e. The van der Waals surface area contributed by atoms with Crippen molar-refractivity contribution in [2.75, 3.05) is 24.7 Å². The zero-order valence-electron chi connectivity index (χ0n) is 10.4. The number of thioether (sulfide) groups is 1. The maximum absolute atomic E-state index is 5.76. The molecule has 16 heavy (non-hydrogen) atoms. The lowest BCUT2D eigenvalue weighted by Crippen LogP contribution is -2.27. The molecule has 3 heteroatoms. The van der Waals surface area contributed by atoms with Gasteiger partial charge in [-0.05, 0) is 36.8 Å². The standard InChI is InChI=1S/C13H22N2S/c1-10(2)11(8-14)9-15-12-6-4-5-7-13(12)16-3/h4-7,10-11,15H,8-9,14H2,1-3H3. The molecule has 0 saturated carbocycles. The number of benzene rings is 1. The van der Waals surface area contributed by atoms with Crippen molar-refractivity contribution in [2.24, 2.45) is 17.6 Å². The summed E-state index contributed by atoms with van der Waals surface area (Å²) in [6.07, 6.45) is 2.10. The van der Waals surface area contributed by atoms with Gasteiger partial charge in [0.2, 0.25) is 0 Å². The molecule has 0 spiro atoms. The number of nitrogens with two attached hydrogens (primary N) is 1. The van der Waals surface area contributed by atoms with Crippen LogP contribution in [0.3, 0.4) is 0 Å². The van der Waals surface area contributed by atoms with Gasteiger partial charge in [-0.1, -0.05) is 26.0 Å². The van der Waals surface area contributed by atoms with Crippen LogP contribution in [0, 0.1) is 11.8 Å². The van der Waals surface area contributed by atoms with Crippen molar-refractivity contribution in [3.63, 3.8) is 0 Å². The van der Waals surface area contributed by atoms with Crippen LogP contribution in [0.2, 0.25) is 0 Å². The number of nitrogens with one attached hydrogen (secondary N) is 1. The Kier molecular flexibility index (Phi) is 5.71. The summed E-state index contributed by atoms with van der Waals surface area (Å²) in [5.74, 6) is 1.16. The van der Waals surface area contributed by atoms with E-state index in [1.54, 1.807) is 11.8 Å². The van der Waals surface area contributed by atoms with Crippen molar-refractivity contribution < 1.29 is 0 Å². The fourth-order valence-corrected chi connectivity index (χ4v) is 2.20. The Morgan fingerprint density at radius 3 is 2.56 bits per heavy atom. The minimum atomic E-state index is 0.537. The lowest BCUT2D eigenvalue weighted by Gasteiger charge is -2.20. The maximum atomic E-state index is 5.76. The molecule has 0 heterocycles. The lowest BCUT2D eigenvalue weighted by atomic mass is 9.96. The van der Waals surface area contributed by atoms with E-state index in [0.29, 0.717) is 11.8 Å². The molecular weight excluding hydrogens is 216 g/mol. The number of hydrogen-bond donors (Lipinski definition) is 2. The van der Waals surface area contributed by atoms with Crippen LogP contribution in [0.25, 0.3) is 0 Å². The van der Waals surface area contributed by atoms with E-state index < -0.39 is 0 Å². The van der Waals surface area contributed by atoms with Gasteiger partial charge in [0.05, 0.1) is 0 Å². The first-order valence-corrected chi connectivity index (χ1v) is 6.98. The minimum Gasteiger partial charge on any atom is -0.384 e. The Balaban J connectivity index is 2.59. The normalized spacial score (nSPS) is 12.8. The van der Waals surface area contributed by atoms with E-state index in [4.69, 9.17) is 5.73 Å². The first kappa shape index (κ1) is 13.4. The zero-order chi connectivity index (χ0) is 12.0. The molecule has 0 aliphatic heterocycles. The van der Waals surface area contributed by atoms with Crippen LogP contribution in [0.4, 0.5) is 5.69 Å². The molecule has 0 saturated heterocycles. The Morgan fingerprint density at radius 2 is 2.00 bits per heavy atom. The van der Waals surface area contributed by atoms with Gasteiger partial charge in [-0.2, -0.15) is 0 Å². The molecule has 0 aliphatic rings. The number of anilines is 1. The zero-order valence-corrected chi connectivity index (χ0v) is 11.2. The highest BCUT2D eigenvalue weighted by Gasteiger charge is 2.11. The quantitative estimate of drug-likeness (QED) is 0.748. The first-order chi connectivity index (χ1) is 7.69. The Bertz CT molecular complexity index is 313. The van der Waals surface area contributed by atoms with Crippen molar-refractivity contribution in [1.82, 2.24) is 0 Å². The topological polar surface area (TPSA) is 38.0 Å². The van der Waals surface area contributed by atoms with E-state index in [1.165, 1.54) is 10.6 Å². The van der Waals surface area contributed by atoms with Crippen LogP contribution in [0.1, 0.15) is 13.8 Å². The average molecular weight is 238 g/mol. The van der Waals surface area contributed by atoms with Gasteiger partial charge in [0, 0.05) is 17.1 Å². The van der Waals surface area contributed by atoms with Crippen LogP contribution in [-0.2, 0) is 0 Å². The number of rotatable bonds is 6. The van der Waals surface area contributed by atoms with Gasteiger partial charge >= 0.3 is 0 Å². The summed E-state index contributed by atoms with van der Waals surface area (Å²) >= 11 is 1.77. The van der Waals surface area contributed by atoms with Crippen LogP contribution in [-0.4, -0.2) is 19.3 Å². The molecule has 0 bridgehead atoms. The van der Waals surface area contributed by atoms with E-state index in [0.717, 1.165) is 13.1 Å². The third-order valence-corrected chi connectivity index (χ3v) is 3.70. The van der Waals surface area contributed by atoms with Crippen LogP contribution in [0.5, 0.6) is 0 Å². The molecule has 90 valence electrons. The molecule has 0 fully saturated rings. The fourth-order valence-electron chi connectivity index (χ4n) is 1.62. The number of hydrogen-bond acceptors (Lipinski definition) is 3. The van der Waals surface area contributed by atoms with E-state index in [1.807, 2.05) is 0 Å². The lowest BCUT2D eigenvalue weighted by molar-refractivity contribution is 0.413. The predicted molar refractivity (Wildman–Crippen MR) is 74.1 cm³/mol. The summed E-state index contributed by atoms with van der Waals surface area (Å²) in [5, 5.41) is 3.50. The fraction of sp³-hybridized carbons (Fsp3) is 0.538. The van der Waals surface area contributed by atoms with Gasteiger partial charge in [0.1, 0.15) is 0 Å². The molecule has 0 aromatic heterocycles. The SMILES string of the molecule is CSc1ccccc1NCC(CN)C(C)C. The summed E-state index contributed by atoms with van der Waals surface area (Å²) in [6.45, 7) is 6.14. The molecular formula is C13H22N2S. The van der Waals surface area contributed by atoms with Crippen molar-refractivity contribution in [3.8, 4) is 0 Å². The highest BCUT2D eigenvalue weighted by atomic mass is 32.2. The predicted octanol–water partition coefficient (Wildman–Crippen LogP) is 3.05. The van der Waals surface area contributed by atoms with Gasteiger partial charge in [0.25, 0.3) is 0 Å². The average Bonchev–Trinajstić information content (AvgIpc) is 2.30. The van der Waals surface area contributed by atoms with Crippen molar-refractivity contribution in [1.29, 1.82) is 0 Å². The Hall–Kier alpha value is -0.670. The van der Waals surface area contributed by atoms with Crippen molar-refractivity contribution in [3.05, 3.63) is 24.3 Å². The van der Waals surface area contributed by atoms with Crippen molar-refractivity contribution in [2.45, 2.75) is 18.7 Å². The van der Waals surface area contributed by atoms with E-state index in [2.05, 4.69) is 49.7 Å². The minimum absolute atomic E-state index is 0.537. The molecule has 3 N–H and O–H groups in total. The van der Waals surface area contributed by atoms with Gasteiger partial charge in [-0.3, -0.25) is 0 Å².